The fourth-order valence-electron chi connectivity index (χ4n) is 1.96. The highest BCUT2D eigenvalue weighted by atomic mass is 16.7. The largest absolute Gasteiger partial charge is 0.454 e. The highest BCUT2D eigenvalue weighted by Gasteiger charge is 2.15. The van der Waals surface area contributed by atoms with Crippen LogP contribution in [-0.2, 0) is 11.3 Å². The maximum absolute atomic E-state index is 11.9. The van der Waals surface area contributed by atoms with Gasteiger partial charge in [-0.2, -0.15) is 0 Å². The average Bonchev–Trinajstić information content (AvgIpc) is 2.86. The number of hydrogen-bond acceptors (Lipinski definition) is 4. The van der Waals surface area contributed by atoms with Crippen LogP contribution in [0.25, 0.3) is 0 Å². The van der Waals surface area contributed by atoms with Gasteiger partial charge >= 0.3 is 0 Å². The van der Waals surface area contributed by atoms with Crippen molar-refractivity contribution >= 4 is 5.91 Å². The van der Waals surface area contributed by atoms with Crippen molar-refractivity contribution in [3.8, 4) is 11.5 Å². The van der Waals surface area contributed by atoms with E-state index in [1.54, 1.807) is 4.90 Å². The molecule has 1 aliphatic rings. The quantitative estimate of drug-likeness (QED) is 0.789. The number of carbonyl (C=O) groups is 1. The van der Waals surface area contributed by atoms with Crippen molar-refractivity contribution < 1.29 is 14.3 Å². The third-order valence-electron chi connectivity index (χ3n) is 3.05. The Bertz CT molecular complexity index is 448. The summed E-state index contributed by atoms with van der Waals surface area (Å²) in [7, 11) is 1.82. The molecule has 0 spiro atoms. The fraction of sp³-hybridized carbons (Fsp3) is 0.500. The van der Waals surface area contributed by atoms with Crippen molar-refractivity contribution in [2.45, 2.75) is 19.9 Å². The minimum atomic E-state index is 0.138. The molecule has 1 aromatic rings. The molecule has 1 N–H and O–H groups in total. The van der Waals surface area contributed by atoms with E-state index in [9.17, 15) is 4.79 Å². The molecule has 0 fully saturated rings. The van der Waals surface area contributed by atoms with Crippen LogP contribution in [0.1, 0.15) is 18.9 Å². The standard InChI is InChI=1S/C14H20N2O3/c1-3-15-7-6-14(17)16(2)9-11-4-5-12-13(8-11)19-10-18-12/h4-5,8,15H,3,6-7,9-10H2,1-2H3. The van der Waals surface area contributed by atoms with E-state index in [0.717, 1.165) is 30.2 Å². The number of nitrogens with one attached hydrogen (secondary N) is 1. The molecule has 0 saturated heterocycles. The first-order chi connectivity index (χ1) is 9.20. The maximum atomic E-state index is 11.9. The summed E-state index contributed by atoms with van der Waals surface area (Å²) >= 11 is 0. The van der Waals surface area contributed by atoms with Gasteiger partial charge in [0.1, 0.15) is 0 Å². The van der Waals surface area contributed by atoms with E-state index < -0.39 is 0 Å². The second-order valence-electron chi connectivity index (χ2n) is 4.54. The molecule has 0 aliphatic carbocycles. The van der Waals surface area contributed by atoms with Crippen LogP contribution >= 0.6 is 0 Å². The number of fused-ring (bicyclic) bond motifs is 1. The van der Waals surface area contributed by atoms with Gasteiger partial charge in [0.2, 0.25) is 12.7 Å². The highest BCUT2D eigenvalue weighted by Crippen LogP contribution is 2.32. The molecule has 0 aromatic heterocycles. The minimum absolute atomic E-state index is 0.138. The van der Waals surface area contributed by atoms with Gasteiger partial charge in [0.15, 0.2) is 11.5 Å². The Balaban J connectivity index is 1.88. The van der Waals surface area contributed by atoms with Crippen molar-refractivity contribution in [1.29, 1.82) is 0 Å². The van der Waals surface area contributed by atoms with Crippen LogP contribution in [0.2, 0.25) is 0 Å². The van der Waals surface area contributed by atoms with E-state index in [-0.39, 0.29) is 12.7 Å². The summed E-state index contributed by atoms with van der Waals surface area (Å²) in [6.45, 7) is 4.50. The Morgan fingerprint density at radius 2 is 2.16 bits per heavy atom. The predicted molar refractivity (Wildman–Crippen MR) is 72.2 cm³/mol. The molecule has 1 heterocycles. The van der Waals surface area contributed by atoms with Crippen LogP contribution < -0.4 is 14.8 Å². The predicted octanol–water partition coefficient (Wildman–Crippen LogP) is 1.37. The van der Waals surface area contributed by atoms with E-state index >= 15 is 0 Å². The van der Waals surface area contributed by atoms with Crippen LogP contribution in [0.5, 0.6) is 11.5 Å². The average molecular weight is 264 g/mol. The smallest absolute Gasteiger partial charge is 0.231 e. The van der Waals surface area contributed by atoms with E-state index in [1.165, 1.54) is 0 Å². The number of amides is 1. The lowest BCUT2D eigenvalue weighted by Crippen LogP contribution is -2.29. The van der Waals surface area contributed by atoms with Gasteiger partial charge in [-0.05, 0) is 24.2 Å². The van der Waals surface area contributed by atoms with Crippen LogP contribution in [0.3, 0.4) is 0 Å². The summed E-state index contributed by atoms with van der Waals surface area (Å²) in [6, 6.07) is 5.77. The molecular weight excluding hydrogens is 244 g/mol. The molecule has 0 unspecified atom stereocenters. The van der Waals surface area contributed by atoms with Crippen molar-refractivity contribution in [3.05, 3.63) is 23.8 Å². The zero-order chi connectivity index (χ0) is 13.7. The molecule has 1 aliphatic heterocycles. The fourth-order valence-corrected chi connectivity index (χ4v) is 1.96. The summed E-state index contributed by atoms with van der Waals surface area (Å²) in [6.07, 6.45) is 0.523. The first kappa shape index (κ1) is 13.7. The molecule has 2 rings (SSSR count). The van der Waals surface area contributed by atoms with Crippen molar-refractivity contribution in [3.63, 3.8) is 0 Å². The highest BCUT2D eigenvalue weighted by molar-refractivity contribution is 5.76. The topological polar surface area (TPSA) is 50.8 Å². The van der Waals surface area contributed by atoms with Gasteiger partial charge in [-0.15, -0.1) is 0 Å². The van der Waals surface area contributed by atoms with Crippen LogP contribution in [0.15, 0.2) is 18.2 Å². The number of hydrogen-bond donors (Lipinski definition) is 1. The van der Waals surface area contributed by atoms with Gasteiger partial charge in [0.25, 0.3) is 0 Å². The van der Waals surface area contributed by atoms with E-state index in [1.807, 2.05) is 32.2 Å². The zero-order valence-electron chi connectivity index (χ0n) is 11.4. The lowest BCUT2D eigenvalue weighted by Gasteiger charge is -2.17. The molecule has 0 bridgehead atoms. The van der Waals surface area contributed by atoms with Gasteiger partial charge in [-0.25, -0.2) is 0 Å². The Kier molecular flexibility index (Phi) is 4.63. The molecule has 0 radical (unpaired) electrons. The molecule has 1 aromatic carbocycles. The normalized spacial score (nSPS) is 12.5. The molecule has 0 atom stereocenters. The summed E-state index contributed by atoms with van der Waals surface area (Å²) in [4.78, 5) is 13.6. The van der Waals surface area contributed by atoms with Gasteiger partial charge in [-0.1, -0.05) is 13.0 Å². The second-order valence-corrected chi connectivity index (χ2v) is 4.54. The number of benzene rings is 1. The third kappa shape index (κ3) is 3.61. The molecular formula is C14H20N2O3. The third-order valence-corrected chi connectivity index (χ3v) is 3.05. The van der Waals surface area contributed by atoms with Crippen LogP contribution in [0.4, 0.5) is 0 Å². The van der Waals surface area contributed by atoms with Crippen molar-refractivity contribution in [1.82, 2.24) is 10.2 Å². The van der Waals surface area contributed by atoms with Crippen LogP contribution in [0, 0.1) is 0 Å². The summed E-state index contributed by atoms with van der Waals surface area (Å²) in [5, 5.41) is 3.15. The Labute approximate surface area is 113 Å². The molecule has 5 nitrogen and oxygen atoms in total. The SMILES string of the molecule is CCNCCC(=O)N(C)Cc1ccc2c(c1)OCO2. The van der Waals surface area contributed by atoms with E-state index in [0.29, 0.717) is 13.0 Å². The lowest BCUT2D eigenvalue weighted by molar-refractivity contribution is -0.130. The van der Waals surface area contributed by atoms with E-state index in [4.69, 9.17) is 9.47 Å². The first-order valence-corrected chi connectivity index (χ1v) is 6.54. The lowest BCUT2D eigenvalue weighted by atomic mass is 10.2. The minimum Gasteiger partial charge on any atom is -0.454 e. The van der Waals surface area contributed by atoms with Gasteiger partial charge in [0.05, 0.1) is 0 Å². The Hall–Kier alpha value is -1.75. The molecule has 104 valence electrons. The summed E-state index contributed by atoms with van der Waals surface area (Å²) < 4.78 is 10.6. The number of carbonyl (C=O) groups excluding carboxylic acids is 1. The molecule has 1 amide bonds. The Morgan fingerprint density at radius 3 is 2.95 bits per heavy atom. The van der Waals surface area contributed by atoms with E-state index in [2.05, 4.69) is 5.32 Å². The molecule has 0 saturated carbocycles. The van der Waals surface area contributed by atoms with Crippen molar-refractivity contribution in [2.75, 3.05) is 26.9 Å². The van der Waals surface area contributed by atoms with Crippen LogP contribution in [-0.4, -0.2) is 37.7 Å². The summed E-state index contributed by atoms with van der Waals surface area (Å²) in [5.74, 6) is 1.66. The Morgan fingerprint density at radius 1 is 1.37 bits per heavy atom. The van der Waals surface area contributed by atoms with Gasteiger partial charge in [-0.3, -0.25) is 4.79 Å². The number of rotatable bonds is 6. The molecule has 5 heteroatoms. The van der Waals surface area contributed by atoms with Gasteiger partial charge in [0, 0.05) is 26.6 Å². The maximum Gasteiger partial charge on any atom is 0.231 e. The first-order valence-electron chi connectivity index (χ1n) is 6.54. The monoisotopic (exact) mass is 264 g/mol. The molecule has 19 heavy (non-hydrogen) atoms. The summed E-state index contributed by atoms with van der Waals surface area (Å²) in [5.41, 5.74) is 1.04. The number of ether oxygens (including phenoxy) is 2. The number of nitrogens with zero attached hydrogens (tertiary/aromatic N) is 1. The second kappa shape index (κ2) is 6.43. The van der Waals surface area contributed by atoms with Gasteiger partial charge < -0.3 is 19.7 Å². The zero-order valence-corrected chi connectivity index (χ0v) is 11.4. The van der Waals surface area contributed by atoms with Crippen molar-refractivity contribution in [2.24, 2.45) is 0 Å².